The van der Waals surface area contributed by atoms with Gasteiger partial charge in [0, 0.05) is 78.1 Å². The normalized spacial score (nSPS) is 30.4. The Morgan fingerprint density at radius 3 is 1.24 bits per heavy atom. The van der Waals surface area contributed by atoms with Crippen molar-refractivity contribution in [1.29, 1.82) is 0 Å². The van der Waals surface area contributed by atoms with Crippen LogP contribution in [0.4, 0.5) is 0 Å². The number of nitrogens with zero attached hydrogens (tertiary/aromatic N) is 12. The fourth-order valence-corrected chi connectivity index (χ4v) is 19.2. The maximum absolute atomic E-state index is 14.2. The van der Waals surface area contributed by atoms with Gasteiger partial charge in [-0.15, -0.1) is 66.8 Å². The van der Waals surface area contributed by atoms with E-state index >= 15 is 0 Å². The van der Waals surface area contributed by atoms with Crippen LogP contribution in [-0.4, -0.2) is 290 Å². The van der Waals surface area contributed by atoms with Crippen LogP contribution in [0.1, 0.15) is 154 Å². The number of rotatable bonds is 43. The van der Waals surface area contributed by atoms with Crippen molar-refractivity contribution in [3.8, 4) is 0 Å². The maximum Gasteiger partial charge on any atom is 0.338 e. The number of hydrogen-bond donors (Lipinski definition) is 0. The lowest BCUT2D eigenvalue weighted by atomic mass is 9.88. The van der Waals surface area contributed by atoms with Crippen LogP contribution < -0.4 is 0 Å². The van der Waals surface area contributed by atoms with Gasteiger partial charge in [-0.1, -0.05) is 135 Å². The summed E-state index contributed by atoms with van der Waals surface area (Å²) in [6.07, 6.45) is -15.7. The number of benzene rings is 4. The van der Waals surface area contributed by atoms with Gasteiger partial charge in [0.1, 0.15) is 73.5 Å². The smallest absolute Gasteiger partial charge is 0.338 e. The van der Waals surface area contributed by atoms with Crippen molar-refractivity contribution >= 4 is 106 Å². The molecule has 6 saturated heterocycles. The number of carbonyl (C=O) groups excluding carboxylic acids is 10. The number of esters is 10. The molecule has 0 saturated carbocycles. The van der Waals surface area contributed by atoms with E-state index in [1.54, 1.807) is 188 Å². The Morgan fingerprint density at radius 1 is 0.361 bits per heavy atom. The van der Waals surface area contributed by atoms with E-state index in [0.29, 0.717) is 17.8 Å². The standard InChI is InChI=1S/C96H114Cl4N12O32/c1-13-70-77(100)83(130-59(10)116)85(131-60(11)117)94(133-70)144-96(48-98)86(132-61(12)118)52(3)73(141-96)42-109-40-69(104-105-109)45-127-92-84(140-90(122)65-32-24-17-25-33-65)78(137-87(119)62-26-18-14-19-27-62)51(2)71(134-92)36-66-38-111(107-101-66)49-123-34-35-124-50-112-39-67(102-108-112)37-72-82(139-89(121)64-30-22-16-23-31-64)79(138-88(120)63-28-20-15-21-29-63)54(5)91(135-72)126-44-68-41-110(106-103-68)43-74-81(129-58(9)115)55(6)95(47-97,142-74)143-93-80(128-57(8)114)53(4)76(99)75(136-93)46-125-56(7)113/h14-33,38-41,51-55,70-86,91-94H,13,34-37,42-50H2,1-12H3/t51-,52-,53+,54+,55+,70-,71-,72-,73-,74-,75-,76-,77+,78+,79-,80-,81+,82-,83+,84+,85-,86+,91+,92+,93-,94-,95+,96+/m1/s1. The molecular weight excluding hydrogens is 1970 g/mol. The molecular formula is C96H114Cl4N12O32. The van der Waals surface area contributed by atoms with Crippen LogP contribution in [0.5, 0.6) is 0 Å². The first-order chi connectivity index (χ1) is 69.1. The Bertz CT molecular complexity index is 5650. The highest BCUT2D eigenvalue weighted by Crippen LogP contribution is 2.48. The van der Waals surface area contributed by atoms with Gasteiger partial charge in [-0.25, -0.2) is 37.9 Å². The van der Waals surface area contributed by atoms with Crippen molar-refractivity contribution in [2.75, 3.05) is 31.6 Å². The molecule has 0 aliphatic carbocycles. The number of aromatic nitrogens is 12. The zero-order chi connectivity index (χ0) is 103. The van der Waals surface area contributed by atoms with Crippen molar-refractivity contribution in [2.45, 2.75) is 281 Å². The lowest BCUT2D eigenvalue weighted by molar-refractivity contribution is -0.358. The molecule has 0 spiro atoms. The van der Waals surface area contributed by atoms with Crippen molar-refractivity contribution in [1.82, 2.24) is 60.0 Å². The maximum atomic E-state index is 14.2. The van der Waals surface area contributed by atoms with E-state index in [1.165, 1.54) is 53.3 Å². The fraction of sp³-hybridized carbons (Fsp3) is 0.562. The number of hydrogen-bond acceptors (Lipinski definition) is 40. The van der Waals surface area contributed by atoms with Gasteiger partial charge < -0.3 is 104 Å². The van der Waals surface area contributed by atoms with Crippen molar-refractivity contribution in [3.63, 3.8) is 0 Å². The Balaban J connectivity index is 0.626. The van der Waals surface area contributed by atoms with Gasteiger partial charge in [0.05, 0.1) is 139 Å². The van der Waals surface area contributed by atoms with Crippen LogP contribution in [0.3, 0.4) is 0 Å². The van der Waals surface area contributed by atoms with Gasteiger partial charge in [0.25, 0.3) is 0 Å². The van der Waals surface area contributed by atoms with E-state index in [-0.39, 0.29) is 112 Å². The summed E-state index contributed by atoms with van der Waals surface area (Å²) in [6, 6.07) is 32.9. The molecule has 0 N–H and O–H groups in total. The minimum atomic E-state index is -1.98. The molecule has 0 radical (unpaired) electrons. The molecule has 48 heteroatoms. The van der Waals surface area contributed by atoms with Crippen LogP contribution in [0, 0.1) is 29.6 Å². The predicted octanol–water partition coefficient (Wildman–Crippen LogP) is 8.75. The van der Waals surface area contributed by atoms with E-state index in [4.69, 9.17) is 151 Å². The highest BCUT2D eigenvalue weighted by atomic mass is 35.5. The van der Waals surface area contributed by atoms with E-state index in [0.717, 1.165) is 6.92 Å². The van der Waals surface area contributed by atoms with Crippen LogP contribution >= 0.6 is 46.4 Å². The number of ether oxygens (including phenoxy) is 22. The summed E-state index contributed by atoms with van der Waals surface area (Å²) in [4.78, 5) is 132. The molecule has 44 nitrogen and oxygen atoms in total. The van der Waals surface area contributed by atoms with Gasteiger partial charge in [0.15, 0.2) is 61.3 Å². The first-order valence-electron chi connectivity index (χ1n) is 46.8. The molecule has 4 aromatic carbocycles. The Hall–Kier alpha value is -11.2. The SMILES string of the molecule is CC[C@H]1O[C@H](O[C@]2(CCl)O[C@H](Cn3cc(CO[C@H]4O[C@H](Cc5cn(COCCOCn6cc(C[C@H]7O[C@H](OCc8cn(C[C@H]9O[C@@](CCl)(O[C@H]%10O[C@H](COC(C)=O)[C@H](Cl)[C@H](C)[C@H]%10OC(C)=O)[C@@H](C)[C@@H]9OC(C)=O)nn8)[C@@H](C)[C@@H](OC(=O)c8ccccc8)[C@@H]7OC(=O)c7ccccc7)nn6)nn5)[C@@H](C)[C@H](OC(=O)c5ccccc5)[C@@H]4OC(=O)c4ccccc4)nn3)[C@@H](C)[C@@H]2OC(C)=O)[C@H](OC(C)=O)[C@@H](OC(C)=O)[C@H]1Cl. The lowest BCUT2D eigenvalue weighted by Gasteiger charge is -2.45. The van der Waals surface area contributed by atoms with Crippen molar-refractivity contribution in [2.24, 2.45) is 29.6 Å². The van der Waals surface area contributed by atoms with E-state index in [2.05, 4.69) is 41.2 Å². The van der Waals surface area contributed by atoms with Gasteiger partial charge >= 0.3 is 59.7 Å². The molecule has 144 heavy (non-hydrogen) atoms. The summed E-state index contributed by atoms with van der Waals surface area (Å²) in [6.45, 7) is 16.5. The molecule has 10 heterocycles. The molecule has 8 aromatic rings. The summed E-state index contributed by atoms with van der Waals surface area (Å²) in [5.74, 6) is -15.3. The third-order valence-electron chi connectivity index (χ3n) is 25.1. The number of halogens is 4. The van der Waals surface area contributed by atoms with Crippen molar-refractivity contribution < 1.29 is 152 Å². The first kappa shape index (κ1) is 109. The molecule has 6 fully saturated rings. The van der Waals surface area contributed by atoms with Crippen LogP contribution in [-0.2, 0) is 186 Å². The Morgan fingerprint density at radius 2 is 0.750 bits per heavy atom. The topological polar surface area (TPSA) is 497 Å². The second kappa shape index (κ2) is 49.8. The van der Waals surface area contributed by atoms with Crippen LogP contribution in [0.25, 0.3) is 0 Å². The Kier molecular flexibility index (Phi) is 37.5. The van der Waals surface area contributed by atoms with Gasteiger partial charge in [-0.3, -0.25) is 28.8 Å². The minimum absolute atomic E-state index is 0.0394. The second-order valence-corrected chi connectivity index (χ2v) is 37.2. The van der Waals surface area contributed by atoms with Gasteiger partial charge in [0.2, 0.25) is 12.1 Å². The average Bonchev–Trinajstić information content (AvgIpc) is 1.59. The third-order valence-corrected chi connectivity index (χ3v) is 27.1. The monoisotopic (exact) mass is 2090 g/mol. The zero-order valence-corrected chi connectivity index (χ0v) is 83.7. The summed E-state index contributed by atoms with van der Waals surface area (Å²) < 4.78 is 143. The number of carbonyl (C=O) groups is 10. The molecule has 0 bridgehead atoms. The van der Waals surface area contributed by atoms with Gasteiger partial charge in [-0.2, -0.15) is 0 Å². The molecule has 28 atom stereocenters. The number of alkyl halides is 4. The highest BCUT2D eigenvalue weighted by Gasteiger charge is 2.63. The van der Waals surface area contributed by atoms with Crippen LogP contribution in [0.15, 0.2) is 146 Å². The molecule has 0 unspecified atom stereocenters. The molecule has 6 aliphatic heterocycles. The van der Waals surface area contributed by atoms with E-state index in [9.17, 15) is 47.9 Å². The summed E-state index contributed by atoms with van der Waals surface area (Å²) >= 11 is 27.1. The summed E-state index contributed by atoms with van der Waals surface area (Å²) in [5.41, 5.74) is 2.06. The molecule has 4 aromatic heterocycles. The summed E-state index contributed by atoms with van der Waals surface area (Å²) in [7, 11) is 0. The average molecular weight is 2090 g/mol. The molecule has 14 rings (SSSR count). The summed E-state index contributed by atoms with van der Waals surface area (Å²) in [5, 5.41) is 33.3. The largest absolute Gasteiger partial charge is 0.463 e. The third kappa shape index (κ3) is 27.2. The van der Waals surface area contributed by atoms with E-state index in [1.807, 2.05) is 0 Å². The Labute approximate surface area is 847 Å². The van der Waals surface area contributed by atoms with Gasteiger partial charge in [-0.05, 0) is 55.0 Å². The fourth-order valence-electron chi connectivity index (χ4n) is 17.9. The zero-order valence-electron chi connectivity index (χ0n) is 80.7. The quantitative estimate of drug-likeness (QED) is 0.0149. The minimum Gasteiger partial charge on any atom is -0.463 e. The van der Waals surface area contributed by atoms with E-state index < -0.39 is 234 Å². The molecule has 6 aliphatic rings. The lowest BCUT2D eigenvalue weighted by Crippen LogP contribution is -2.62. The first-order valence-corrected chi connectivity index (χ1v) is 48.8. The predicted molar refractivity (Wildman–Crippen MR) is 495 cm³/mol. The van der Waals surface area contributed by atoms with Crippen molar-refractivity contribution in [3.05, 3.63) is 191 Å². The van der Waals surface area contributed by atoms with Crippen LogP contribution in [0.2, 0.25) is 0 Å². The molecule has 0 amide bonds. The molecule has 778 valence electrons. The highest BCUT2D eigenvalue weighted by molar-refractivity contribution is 6.22. The second-order valence-electron chi connectivity index (χ2n) is 35.7.